The van der Waals surface area contributed by atoms with Gasteiger partial charge in [-0.15, -0.1) is 0 Å². The lowest BCUT2D eigenvalue weighted by Crippen LogP contribution is -2.43. The number of benzene rings is 1. The van der Waals surface area contributed by atoms with E-state index in [1.54, 1.807) is 18.2 Å². The molecule has 3 atom stereocenters. The number of likely N-dealkylation sites (tertiary alicyclic amines) is 1. The van der Waals surface area contributed by atoms with Crippen molar-refractivity contribution in [3.05, 3.63) is 23.8 Å². The molecule has 1 fully saturated rings. The molecular weight excluding hydrogens is 344 g/mol. The smallest absolute Gasteiger partial charge is 0.254 e. The fourth-order valence-corrected chi connectivity index (χ4v) is 4.31. The maximum absolute atomic E-state index is 13.2. The van der Waals surface area contributed by atoms with Crippen molar-refractivity contribution in [1.82, 2.24) is 9.80 Å². The van der Waals surface area contributed by atoms with E-state index in [4.69, 9.17) is 9.47 Å². The number of hydrogen-bond donors (Lipinski definition) is 1. The molecule has 0 bridgehead atoms. The van der Waals surface area contributed by atoms with Gasteiger partial charge in [-0.1, -0.05) is 26.7 Å². The Morgan fingerprint density at radius 2 is 2.07 bits per heavy atom. The third-order valence-corrected chi connectivity index (χ3v) is 5.94. The van der Waals surface area contributed by atoms with Crippen LogP contribution in [0.15, 0.2) is 18.2 Å². The predicted octanol–water partition coefficient (Wildman–Crippen LogP) is 2.61. The van der Waals surface area contributed by atoms with Gasteiger partial charge in [0.1, 0.15) is 0 Å². The highest BCUT2D eigenvalue weighted by molar-refractivity contribution is 5.95. The van der Waals surface area contributed by atoms with Crippen LogP contribution >= 0.6 is 0 Å². The van der Waals surface area contributed by atoms with Crippen molar-refractivity contribution in [1.29, 1.82) is 0 Å². The number of carbonyl (C=O) groups excluding carboxylic acids is 1. The fraction of sp³-hybridized carbons (Fsp3) is 0.667. The Labute approximate surface area is 162 Å². The molecule has 150 valence electrons. The van der Waals surface area contributed by atoms with Gasteiger partial charge in [0, 0.05) is 18.7 Å². The first-order valence-corrected chi connectivity index (χ1v) is 10.1. The molecule has 0 radical (unpaired) electrons. The van der Waals surface area contributed by atoms with E-state index in [-0.39, 0.29) is 25.3 Å². The molecule has 1 aromatic carbocycles. The average Bonchev–Trinajstić information content (AvgIpc) is 3.29. The van der Waals surface area contributed by atoms with Crippen LogP contribution in [0.2, 0.25) is 0 Å². The molecule has 0 aromatic heterocycles. The van der Waals surface area contributed by atoms with Gasteiger partial charge in [-0.25, -0.2) is 0 Å². The first-order valence-electron chi connectivity index (χ1n) is 10.1. The second-order valence-electron chi connectivity index (χ2n) is 7.72. The number of hydrogen-bond acceptors (Lipinski definition) is 5. The Hall–Kier alpha value is -1.79. The standard InChI is InChI=1S/C21H32N2O4/c1-4-6-9-22(3)12-17-15(5-2)11-23(18(17)13-24)21(25)16-7-8-19-20(10-16)27-14-26-19/h7-8,10,15,17-18,24H,4-6,9,11-14H2,1-3H3/t15-,17-,18-/m1/s1. The third-order valence-electron chi connectivity index (χ3n) is 5.94. The van der Waals surface area contributed by atoms with E-state index < -0.39 is 0 Å². The van der Waals surface area contributed by atoms with Gasteiger partial charge in [-0.05, 0) is 50.0 Å². The normalized spacial score (nSPS) is 24.0. The number of ether oxygens (including phenoxy) is 2. The number of aliphatic hydroxyl groups excluding tert-OH is 1. The van der Waals surface area contributed by atoms with E-state index in [1.807, 2.05) is 4.90 Å². The average molecular weight is 376 g/mol. The topological polar surface area (TPSA) is 62.2 Å². The van der Waals surface area contributed by atoms with Gasteiger partial charge in [0.2, 0.25) is 6.79 Å². The van der Waals surface area contributed by atoms with Crippen molar-refractivity contribution in [3.8, 4) is 11.5 Å². The summed E-state index contributed by atoms with van der Waals surface area (Å²) >= 11 is 0. The van der Waals surface area contributed by atoms with Crippen molar-refractivity contribution in [2.24, 2.45) is 11.8 Å². The summed E-state index contributed by atoms with van der Waals surface area (Å²) in [6.45, 7) is 7.22. The van der Waals surface area contributed by atoms with Crippen LogP contribution in [0.3, 0.4) is 0 Å². The van der Waals surface area contributed by atoms with E-state index in [1.165, 1.54) is 12.8 Å². The number of rotatable bonds is 8. The van der Waals surface area contributed by atoms with Crippen molar-refractivity contribution < 1.29 is 19.4 Å². The van der Waals surface area contributed by atoms with Gasteiger partial charge in [-0.3, -0.25) is 4.79 Å². The molecule has 27 heavy (non-hydrogen) atoms. The van der Waals surface area contributed by atoms with Crippen LogP contribution in [0, 0.1) is 11.8 Å². The van der Waals surface area contributed by atoms with E-state index in [0.717, 1.165) is 19.5 Å². The van der Waals surface area contributed by atoms with Gasteiger partial charge >= 0.3 is 0 Å². The molecular formula is C21H32N2O4. The molecule has 1 amide bonds. The second kappa shape index (κ2) is 8.93. The van der Waals surface area contributed by atoms with Crippen LogP contribution in [-0.2, 0) is 0 Å². The number of carbonyl (C=O) groups is 1. The van der Waals surface area contributed by atoms with Crippen LogP contribution in [-0.4, -0.2) is 66.9 Å². The monoisotopic (exact) mass is 376 g/mol. The minimum absolute atomic E-state index is 0.000916. The van der Waals surface area contributed by atoms with E-state index in [0.29, 0.717) is 35.4 Å². The van der Waals surface area contributed by atoms with Crippen LogP contribution < -0.4 is 9.47 Å². The molecule has 6 nitrogen and oxygen atoms in total. The summed E-state index contributed by atoms with van der Waals surface area (Å²) in [7, 11) is 2.14. The zero-order valence-electron chi connectivity index (χ0n) is 16.7. The molecule has 2 heterocycles. The summed E-state index contributed by atoms with van der Waals surface area (Å²) in [5.41, 5.74) is 0.590. The molecule has 6 heteroatoms. The maximum atomic E-state index is 13.2. The maximum Gasteiger partial charge on any atom is 0.254 e. The Morgan fingerprint density at radius 3 is 2.78 bits per heavy atom. The molecule has 0 aliphatic carbocycles. The second-order valence-corrected chi connectivity index (χ2v) is 7.72. The SMILES string of the molecule is CCCCN(C)C[C@@H]1[C@H](CC)CN(C(=O)c2ccc3c(c2)OCO3)[C@@H]1CO. The highest BCUT2D eigenvalue weighted by Crippen LogP contribution is 2.36. The van der Waals surface area contributed by atoms with Crippen molar-refractivity contribution in [3.63, 3.8) is 0 Å². The van der Waals surface area contributed by atoms with Crippen molar-refractivity contribution in [2.75, 3.05) is 40.1 Å². The zero-order chi connectivity index (χ0) is 19.4. The largest absolute Gasteiger partial charge is 0.454 e. The molecule has 0 spiro atoms. The lowest BCUT2D eigenvalue weighted by molar-refractivity contribution is 0.0622. The Morgan fingerprint density at radius 1 is 1.30 bits per heavy atom. The van der Waals surface area contributed by atoms with E-state index >= 15 is 0 Å². The highest BCUT2D eigenvalue weighted by atomic mass is 16.7. The number of fused-ring (bicyclic) bond motifs is 1. The predicted molar refractivity (Wildman–Crippen MR) is 104 cm³/mol. The van der Waals surface area contributed by atoms with Gasteiger partial charge in [-0.2, -0.15) is 0 Å². The van der Waals surface area contributed by atoms with Gasteiger partial charge in [0.05, 0.1) is 12.6 Å². The number of unbranched alkanes of at least 4 members (excludes halogenated alkanes) is 1. The summed E-state index contributed by atoms with van der Waals surface area (Å²) in [6.07, 6.45) is 3.35. The summed E-state index contributed by atoms with van der Waals surface area (Å²) in [4.78, 5) is 17.4. The molecule has 2 aliphatic heterocycles. The number of nitrogens with zero attached hydrogens (tertiary/aromatic N) is 2. The molecule has 3 rings (SSSR count). The Kier molecular flexibility index (Phi) is 6.60. The summed E-state index contributed by atoms with van der Waals surface area (Å²) < 4.78 is 10.7. The summed E-state index contributed by atoms with van der Waals surface area (Å²) in [5, 5.41) is 10.1. The molecule has 2 aliphatic rings. The van der Waals surface area contributed by atoms with Gasteiger partial charge < -0.3 is 24.4 Å². The van der Waals surface area contributed by atoms with Crippen LogP contribution in [0.25, 0.3) is 0 Å². The summed E-state index contributed by atoms with van der Waals surface area (Å²) in [6, 6.07) is 5.18. The van der Waals surface area contributed by atoms with Crippen molar-refractivity contribution in [2.45, 2.75) is 39.2 Å². The van der Waals surface area contributed by atoms with Crippen LogP contribution in [0.1, 0.15) is 43.5 Å². The Bertz CT molecular complexity index is 651. The summed E-state index contributed by atoms with van der Waals surface area (Å²) in [5.74, 6) is 1.95. The zero-order valence-corrected chi connectivity index (χ0v) is 16.7. The minimum Gasteiger partial charge on any atom is -0.454 e. The molecule has 0 unspecified atom stereocenters. The van der Waals surface area contributed by atoms with E-state index in [9.17, 15) is 9.90 Å². The van der Waals surface area contributed by atoms with Crippen molar-refractivity contribution >= 4 is 5.91 Å². The van der Waals surface area contributed by atoms with Gasteiger partial charge in [0.25, 0.3) is 5.91 Å². The Balaban J connectivity index is 1.75. The third kappa shape index (κ3) is 4.22. The lowest BCUT2D eigenvalue weighted by atomic mass is 9.88. The highest BCUT2D eigenvalue weighted by Gasteiger charge is 2.43. The lowest BCUT2D eigenvalue weighted by Gasteiger charge is -2.30. The number of amides is 1. The minimum atomic E-state index is -0.142. The molecule has 1 aromatic rings. The van der Waals surface area contributed by atoms with Crippen LogP contribution in [0.5, 0.6) is 11.5 Å². The van der Waals surface area contributed by atoms with Gasteiger partial charge in [0.15, 0.2) is 11.5 Å². The molecule has 0 saturated carbocycles. The molecule has 1 N–H and O–H groups in total. The fourth-order valence-electron chi connectivity index (χ4n) is 4.31. The quantitative estimate of drug-likeness (QED) is 0.756. The first-order chi connectivity index (χ1) is 13.1. The molecule has 1 saturated heterocycles. The first kappa shape index (κ1) is 20.0. The van der Waals surface area contributed by atoms with Crippen LogP contribution in [0.4, 0.5) is 0 Å². The number of aliphatic hydroxyl groups is 1. The van der Waals surface area contributed by atoms with E-state index in [2.05, 4.69) is 25.8 Å².